The highest BCUT2D eigenvalue weighted by Crippen LogP contribution is 2.24. The van der Waals surface area contributed by atoms with Gasteiger partial charge in [-0.05, 0) is 49.2 Å². The molecule has 3 rings (SSSR count). The summed E-state index contributed by atoms with van der Waals surface area (Å²) in [5.74, 6) is 0.806. The Morgan fingerprint density at radius 1 is 1.15 bits per heavy atom. The lowest BCUT2D eigenvalue weighted by atomic mass is 10.1. The lowest BCUT2D eigenvalue weighted by molar-refractivity contribution is 0.101. The third-order valence-corrected chi connectivity index (χ3v) is 4.47. The molecular weight excluding hydrogens is 387 g/mol. The van der Waals surface area contributed by atoms with Crippen molar-refractivity contribution in [2.45, 2.75) is 26.9 Å². The summed E-state index contributed by atoms with van der Waals surface area (Å²) in [6.45, 7) is 3.99. The highest BCUT2D eigenvalue weighted by atomic mass is 35.5. The van der Waals surface area contributed by atoms with Gasteiger partial charge in [0.15, 0.2) is 5.69 Å². The van der Waals surface area contributed by atoms with E-state index in [1.54, 1.807) is 25.1 Å². The molecule has 0 fully saturated rings. The smallest absolute Gasteiger partial charge is 0.278 e. The molecule has 1 aromatic heterocycles. The van der Waals surface area contributed by atoms with E-state index in [0.29, 0.717) is 32.8 Å². The summed E-state index contributed by atoms with van der Waals surface area (Å²) in [4.78, 5) is 12.6. The van der Waals surface area contributed by atoms with Crippen LogP contribution in [0.1, 0.15) is 34.3 Å². The van der Waals surface area contributed by atoms with E-state index >= 15 is 0 Å². The average molecular weight is 405 g/mol. The number of rotatable bonds is 6. The monoisotopic (exact) mass is 404 g/mol. The van der Waals surface area contributed by atoms with Crippen LogP contribution in [0.2, 0.25) is 10.0 Å². The van der Waals surface area contributed by atoms with Crippen LogP contribution in [0, 0.1) is 6.92 Å². The fourth-order valence-corrected chi connectivity index (χ4v) is 3.06. The van der Waals surface area contributed by atoms with Crippen LogP contribution >= 0.6 is 23.2 Å². The van der Waals surface area contributed by atoms with Gasteiger partial charge in [-0.3, -0.25) is 4.79 Å². The topological polar surface area (TPSA) is 64.4 Å². The predicted octanol–water partition coefficient (Wildman–Crippen LogP) is 5.68. The first kappa shape index (κ1) is 19.3. The summed E-state index contributed by atoms with van der Waals surface area (Å²) in [6.07, 6.45) is 0.961. The number of benzene rings is 2. The second kappa shape index (κ2) is 8.46. The third-order valence-electron chi connectivity index (χ3n) is 4.03. The van der Waals surface area contributed by atoms with E-state index in [-0.39, 0.29) is 12.3 Å². The first-order valence-corrected chi connectivity index (χ1v) is 9.16. The molecule has 0 spiro atoms. The molecule has 0 saturated carbocycles. The average Bonchev–Trinajstić information content (AvgIpc) is 3.00. The number of aromatic nitrogens is 1. The zero-order valence-corrected chi connectivity index (χ0v) is 16.4. The lowest BCUT2D eigenvalue weighted by Crippen LogP contribution is -2.15. The molecule has 140 valence electrons. The van der Waals surface area contributed by atoms with Gasteiger partial charge in [0.05, 0.1) is 5.56 Å². The Morgan fingerprint density at radius 2 is 1.81 bits per heavy atom. The summed E-state index contributed by atoms with van der Waals surface area (Å²) in [7, 11) is 0. The largest absolute Gasteiger partial charge is 0.489 e. The van der Waals surface area contributed by atoms with Gasteiger partial charge in [0.1, 0.15) is 18.1 Å². The molecule has 0 aliphatic carbocycles. The Morgan fingerprint density at radius 3 is 2.44 bits per heavy atom. The molecule has 3 aromatic rings. The van der Waals surface area contributed by atoms with Crippen LogP contribution in [0.5, 0.6) is 5.75 Å². The van der Waals surface area contributed by atoms with Crippen molar-refractivity contribution >= 4 is 34.8 Å². The van der Waals surface area contributed by atoms with E-state index in [4.69, 9.17) is 32.5 Å². The molecule has 0 bridgehead atoms. The van der Waals surface area contributed by atoms with Gasteiger partial charge in [-0.15, -0.1) is 0 Å². The highest BCUT2D eigenvalue weighted by Gasteiger charge is 2.21. The molecule has 0 unspecified atom stereocenters. The summed E-state index contributed by atoms with van der Waals surface area (Å²) in [5, 5.41) is 7.43. The molecule has 0 atom stereocenters. The number of nitrogens with zero attached hydrogens (tertiary/aromatic N) is 1. The van der Waals surface area contributed by atoms with Crippen molar-refractivity contribution in [2.75, 3.05) is 5.32 Å². The number of amides is 1. The first-order valence-electron chi connectivity index (χ1n) is 8.40. The van der Waals surface area contributed by atoms with Gasteiger partial charge in [-0.1, -0.05) is 47.4 Å². The zero-order valence-electron chi connectivity index (χ0n) is 14.9. The quantitative estimate of drug-likeness (QED) is 0.573. The molecule has 1 N–H and O–H groups in total. The fraction of sp³-hybridized carbons (Fsp3) is 0.200. The van der Waals surface area contributed by atoms with Gasteiger partial charge in [0.2, 0.25) is 0 Å². The maximum Gasteiger partial charge on any atom is 0.278 e. The summed E-state index contributed by atoms with van der Waals surface area (Å²) in [5.41, 5.74) is 2.44. The Bertz CT molecular complexity index is 932. The third kappa shape index (κ3) is 4.81. The van der Waals surface area contributed by atoms with E-state index in [0.717, 1.165) is 6.42 Å². The van der Waals surface area contributed by atoms with Crippen LogP contribution < -0.4 is 10.1 Å². The minimum absolute atomic E-state index is 0.161. The molecule has 27 heavy (non-hydrogen) atoms. The highest BCUT2D eigenvalue weighted by molar-refractivity contribution is 6.35. The van der Waals surface area contributed by atoms with Crippen molar-refractivity contribution in [1.29, 1.82) is 0 Å². The Kier molecular flexibility index (Phi) is 6.04. The summed E-state index contributed by atoms with van der Waals surface area (Å²) in [6, 6.07) is 12.6. The van der Waals surface area contributed by atoms with E-state index in [9.17, 15) is 4.79 Å². The van der Waals surface area contributed by atoms with Crippen molar-refractivity contribution < 1.29 is 14.1 Å². The SMILES string of the molecule is CCc1ccc(OCc2c(C(=O)Nc3cc(Cl)cc(Cl)c3)noc2C)cc1. The zero-order chi connectivity index (χ0) is 19.4. The second-order valence-electron chi connectivity index (χ2n) is 5.96. The Labute approximate surface area is 167 Å². The van der Waals surface area contributed by atoms with Crippen LogP contribution in [0.15, 0.2) is 47.0 Å². The molecule has 2 aromatic carbocycles. The standard InChI is InChI=1S/C20H18Cl2N2O3/c1-3-13-4-6-17(7-5-13)26-11-18-12(2)27-24-19(18)20(25)23-16-9-14(21)8-15(22)10-16/h4-10H,3,11H2,1-2H3,(H,23,25). The minimum Gasteiger partial charge on any atom is -0.489 e. The number of ether oxygens (including phenoxy) is 1. The van der Waals surface area contributed by atoms with E-state index in [1.807, 2.05) is 24.3 Å². The van der Waals surface area contributed by atoms with Crippen LogP contribution in [-0.4, -0.2) is 11.1 Å². The van der Waals surface area contributed by atoms with Gasteiger partial charge in [0, 0.05) is 15.7 Å². The maximum atomic E-state index is 12.6. The molecule has 1 heterocycles. The van der Waals surface area contributed by atoms with Gasteiger partial charge in [0.25, 0.3) is 5.91 Å². The first-order chi connectivity index (χ1) is 13.0. The molecule has 1 amide bonds. The summed E-state index contributed by atoms with van der Waals surface area (Å²) < 4.78 is 11.0. The van der Waals surface area contributed by atoms with Crippen molar-refractivity contribution in [2.24, 2.45) is 0 Å². The Balaban J connectivity index is 1.73. The molecule has 0 saturated heterocycles. The number of anilines is 1. The number of carbonyl (C=O) groups excluding carboxylic acids is 1. The lowest BCUT2D eigenvalue weighted by Gasteiger charge is -2.08. The van der Waals surface area contributed by atoms with Crippen LogP contribution in [-0.2, 0) is 13.0 Å². The van der Waals surface area contributed by atoms with Crippen molar-refractivity contribution in [3.05, 3.63) is 75.1 Å². The summed E-state index contributed by atoms with van der Waals surface area (Å²) >= 11 is 11.9. The molecule has 5 nitrogen and oxygen atoms in total. The number of nitrogens with one attached hydrogen (secondary N) is 1. The number of halogens is 2. The van der Waals surface area contributed by atoms with Crippen molar-refractivity contribution in [3.63, 3.8) is 0 Å². The normalized spacial score (nSPS) is 10.7. The van der Waals surface area contributed by atoms with E-state index < -0.39 is 5.91 Å². The molecule has 7 heteroatoms. The molecular formula is C20H18Cl2N2O3. The minimum atomic E-state index is -0.426. The van der Waals surface area contributed by atoms with Crippen LogP contribution in [0.3, 0.4) is 0 Å². The number of hydrogen-bond acceptors (Lipinski definition) is 4. The van der Waals surface area contributed by atoms with E-state index in [2.05, 4.69) is 17.4 Å². The number of aryl methyl sites for hydroxylation is 2. The molecule has 0 radical (unpaired) electrons. The predicted molar refractivity (Wildman–Crippen MR) is 106 cm³/mol. The van der Waals surface area contributed by atoms with Gasteiger partial charge in [-0.25, -0.2) is 0 Å². The van der Waals surface area contributed by atoms with Gasteiger partial charge < -0.3 is 14.6 Å². The van der Waals surface area contributed by atoms with Crippen molar-refractivity contribution in [1.82, 2.24) is 5.16 Å². The van der Waals surface area contributed by atoms with Gasteiger partial charge >= 0.3 is 0 Å². The second-order valence-corrected chi connectivity index (χ2v) is 6.84. The molecule has 0 aliphatic heterocycles. The Hall–Kier alpha value is -2.50. The van der Waals surface area contributed by atoms with E-state index in [1.165, 1.54) is 5.56 Å². The van der Waals surface area contributed by atoms with Crippen LogP contribution in [0.25, 0.3) is 0 Å². The van der Waals surface area contributed by atoms with Gasteiger partial charge in [-0.2, -0.15) is 0 Å². The number of carbonyl (C=O) groups is 1. The van der Waals surface area contributed by atoms with Crippen molar-refractivity contribution in [3.8, 4) is 5.75 Å². The fourth-order valence-electron chi connectivity index (χ4n) is 2.53. The van der Waals surface area contributed by atoms with Crippen LogP contribution in [0.4, 0.5) is 5.69 Å². The maximum absolute atomic E-state index is 12.6. The molecule has 0 aliphatic rings. The number of hydrogen-bond donors (Lipinski definition) is 1.